The van der Waals surface area contributed by atoms with Gasteiger partial charge in [-0.15, -0.1) is 0 Å². The molecule has 0 aromatic heterocycles. The third kappa shape index (κ3) is 2.21. The predicted molar refractivity (Wildman–Crippen MR) is 46.8 cm³/mol. The number of carbonyl (C=O) groups is 1. The van der Waals surface area contributed by atoms with Crippen LogP contribution in [0.25, 0.3) is 0 Å². The van der Waals surface area contributed by atoms with Crippen LogP contribution in [0.5, 0.6) is 0 Å². The van der Waals surface area contributed by atoms with E-state index in [0.29, 0.717) is 18.0 Å². The Morgan fingerprint density at radius 2 is 2.25 bits per heavy atom. The molecule has 1 unspecified atom stereocenters. The first-order valence-corrected chi connectivity index (χ1v) is 4.39. The molecule has 1 aliphatic carbocycles. The van der Waals surface area contributed by atoms with Crippen LogP contribution in [0.15, 0.2) is 0 Å². The molecule has 1 aliphatic rings. The van der Waals surface area contributed by atoms with E-state index < -0.39 is 0 Å². The Hall–Kier alpha value is -0.570. The molecule has 0 amide bonds. The van der Waals surface area contributed by atoms with E-state index >= 15 is 0 Å². The Morgan fingerprint density at radius 1 is 1.67 bits per heavy atom. The summed E-state index contributed by atoms with van der Waals surface area (Å²) < 4.78 is 4.53. The zero-order chi connectivity index (χ0) is 9.19. The summed E-state index contributed by atoms with van der Waals surface area (Å²) in [6, 6.07) is 0.414. The van der Waals surface area contributed by atoms with Gasteiger partial charge < -0.3 is 10.1 Å². The van der Waals surface area contributed by atoms with Crippen LogP contribution < -0.4 is 5.32 Å². The summed E-state index contributed by atoms with van der Waals surface area (Å²) in [5.41, 5.74) is 0.425. The van der Waals surface area contributed by atoms with Crippen molar-refractivity contribution in [3.05, 3.63) is 0 Å². The summed E-state index contributed by atoms with van der Waals surface area (Å²) in [5, 5.41) is 3.16. The lowest BCUT2D eigenvalue weighted by Gasteiger charge is -2.19. The van der Waals surface area contributed by atoms with Crippen LogP contribution >= 0.6 is 0 Å². The minimum absolute atomic E-state index is 0.189. The smallest absolute Gasteiger partial charge is 0.319 e. The first kappa shape index (κ1) is 9.52. The van der Waals surface area contributed by atoms with Crippen LogP contribution in [-0.2, 0) is 9.53 Å². The quantitative estimate of drug-likeness (QED) is 0.640. The lowest BCUT2D eigenvalue weighted by Crippen LogP contribution is -2.37. The fourth-order valence-corrected chi connectivity index (χ4v) is 1.19. The molecule has 1 rings (SSSR count). The number of esters is 1. The molecule has 3 nitrogen and oxygen atoms in total. The Bertz CT molecular complexity index is 175. The summed E-state index contributed by atoms with van der Waals surface area (Å²) in [4.78, 5) is 10.8. The summed E-state index contributed by atoms with van der Waals surface area (Å²) in [5.74, 6) is -0.189. The van der Waals surface area contributed by atoms with E-state index in [1.807, 2.05) is 0 Å². The maximum absolute atomic E-state index is 10.8. The second-order valence-corrected chi connectivity index (χ2v) is 3.83. The number of carbonyl (C=O) groups excluding carboxylic acids is 1. The van der Waals surface area contributed by atoms with Gasteiger partial charge in [-0.3, -0.25) is 4.79 Å². The maximum Gasteiger partial charge on any atom is 0.319 e. The Balaban J connectivity index is 2.18. The van der Waals surface area contributed by atoms with Crippen molar-refractivity contribution in [1.29, 1.82) is 0 Å². The highest BCUT2D eigenvalue weighted by molar-refractivity contribution is 5.71. The second kappa shape index (κ2) is 3.44. The zero-order valence-corrected chi connectivity index (χ0v) is 8.02. The molecule has 0 spiro atoms. The zero-order valence-electron chi connectivity index (χ0n) is 8.02. The summed E-state index contributed by atoms with van der Waals surface area (Å²) in [6.45, 7) is 4.69. The molecule has 12 heavy (non-hydrogen) atoms. The molecule has 0 heterocycles. The van der Waals surface area contributed by atoms with Crippen molar-refractivity contribution in [2.24, 2.45) is 5.41 Å². The van der Waals surface area contributed by atoms with Crippen molar-refractivity contribution in [1.82, 2.24) is 5.32 Å². The van der Waals surface area contributed by atoms with E-state index in [-0.39, 0.29) is 5.97 Å². The average Bonchev–Trinajstić information content (AvgIpc) is 2.80. The van der Waals surface area contributed by atoms with Crippen LogP contribution in [0, 0.1) is 5.41 Å². The lowest BCUT2D eigenvalue weighted by molar-refractivity contribution is -0.139. The second-order valence-electron chi connectivity index (χ2n) is 3.83. The van der Waals surface area contributed by atoms with Gasteiger partial charge in [0.15, 0.2) is 0 Å². The fourth-order valence-electron chi connectivity index (χ4n) is 1.19. The van der Waals surface area contributed by atoms with Gasteiger partial charge in [-0.1, -0.05) is 6.92 Å². The predicted octanol–water partition coefficient (Wildman–Crippen LogP) is 0.938. The molecule has 3 heteroatoms. The van der Waals surface area contributed by atoms with Gasteiger partial charge in [-0.25, -0.2) is 0 Å². The van der Waals surface area contributed by atoms with E-state index in [0.717, 1.165) is 0 Å². The van der Waals surface area contributed by atoms with Gasteiger partial charge in [0, 0.05) is 6.04 Å². The highest BCUT2D eigenvalue weighted by Crippen LogP contribution is 2.47. The van der Waals surface area contributed by atoms with Gasteiger partial charge in [0.2, 0.25) is 0 Å². The van der Waals surface area contributed by atoms with Crippen molar-refractivity contribution in [3.8, 4) is 0 Å². The van der Waals surface area contributed by atoms with Crippen LogP contribution in [0.2, 0.25) is 0 Å². The number of ether oxygens (including phenoxy) is 1. The molecular weight excluding hydrogens is 154 g/mol. The lowest BCUT2D eigenvalue weighted by atomic mass is 10.0. The minimum Gasteiger partial charge on any atom is -0.468 e. The highest BCUT2D eigenvalue weighted by atomic mass is 16.5. The highest BCUT2D eigenvalue weighted by Gasteiger charge is 2.42. The fraction of sp³-hybridized carbons (Fsp3) is 0.889. The topological polar surface area (TPSA) is 38.3 Å². The molecule has 0 aromatic rings. The minimum atomic E-state index is -0.189. The number of nitrogens with one attached hydrogen (secondary N) is 1. The van der Waals surface area contributed by atoms with Gasteiger partial charge in [0.25, 0.3) is 0 Å². The van der Waals surface area contributed by atoms with E-state index in [1.54, 1.807) is 0 Å². The van der Waals surface area contributed by atoms with Crippen molar-refractivity contribution < 1.29 is 9.53 Å². The number of hydrogen-bond donors (Lipinski definition) is 1. The Kier molecular flexibility index (Phi) is 2.73. The van der Waals surface area contributed by atoms with Crippen molar-refractivity contribution in [3.63, 3.8) is 0 Å². The van der Waals surface area contributed by atoms with Gasteiger partial charge in [0.1, 0.15) is 0 Å². The normalized spacial score (nSPS) is 21.6. The van der Waals surface area contributed by atoms with Crippen LogP contribution in [-0.4, -0.2) is 25.7 Å². The summed E-state index contributed by atoms with van der Waals surface area (Å²) in [6.07, 6.45) is 2.53. The summed E-state index contributed by atoms with van der Waals surface area (Å²) >= 11 is 0. The molecule has 0 aliphatic heterocycles. The van der Waals surface area contributed by atoms with Crippen molar-refractivity contribution >= 4 is 5.97 Å². The van der Waals surface area contributed by atoms with E-state index in [1.165, 1.54) is 20.0 Å². The molecule has 1 fully saturated rings. The number of methoxy groups -OCH3 is 1. The van der Waals surface area contributed by atoms with Gasteiger partial charge in [0.05, 0.1) is 13.7 Å². The molecule has 0 radical (unpaired) electrons. The SMILES string of the molecule is COC(=O)CNC(C)C1(C)CC1. The average molecular weight is 171 g/mol. The first-order chi connectivity index (χ1) is 5.58. The Labute approximate surface area is 73.5 Å². The first-order valence-electron chi connectivity index (χ1n) is 4.39. The summed E-state index contributed by atoms with van der Waals surface area (Å²) in [7, 11) is 1.41. The van der Waals surface area contributed by atoms with E-state index in [4.69, 9.17) is 0 Å². The van der Waals surface area contributed by atoms with Crippen molar-refractivity contribution in [2.45, 2.75) is 32.7 Å². The van der Waals surface area contributed by atoms with Crippen molar-refractivity contribution in [2.75, 3.05) is 13.7 Å². The molecule has 1 N–H and O–H groups in total. The van der Waals surface area contributed by atoms with Crippen LogP contribution in [0.3, 0.4) is 0 Å². The van der Waals surface area contributed by atoms with Crippen LogP contribution in [0.1, 0.15) is 26.7 Å². The third-order valence-electron chi connectivity index (χ3n) is 2.86. The van der Waals surface area contributed by atoms with Gasteiger partial charge in [-0.2, -0.15) is 0 Å². The molecule has 0 saturated heterocycles. The monoisotopic (exact) mass is 171 g/mol. The Morgan fingerprint density at radius 3 is 2.67 bits per heavy atom. The largest absolute Gasteiger partial charge is 0.468 e. The molecule has 1 saturated carbocycles. The number of rotatable bonds is 4. The standard InChI is InChI=1S/C9H17NO2/c1-7(9(2)4-5-9)10-6-8(11)12-3/h7,10H,4-6H2,1-3H3. The van der Waals surface area contributed by atoms with Gasteiger partial charge in [-0.05, 0) is 25.2 Å². The van der Waals surface area contributed by atoms with Gasteiger partial charge >= 0.3 is 5.97 Å². The molecule has 1 atom stereocenters. The molecule has 0 aromatic carbocycles. The third-order valence-corrected chi connectivity index (χ3v) is 2.86. The molecule has 70 valence electrons. The van der Waals surface area contributed by atoms with Crippen LogP contribution in [0.4, 0.5) is 0 Å². The maximum atomic E-state index is 10.8. The van der Waals surface area contributed by atoms with E-state index in [2.05, 4.69) is 23.9 Å². The number of hydrogen-bond acceptors (Lipinski definition) is 3. The molecular formula is C9H17NO2. The van der Waals surface area contributed by atoms with E-state index in [9.17, 15) is 4.79 Å². The molecule has 0 bridgehead atoms.